The van der Waals surface area contributed by atoms with Crippen molar-refractivity contribution in [2.24, 2.45) is 5.92 Å². The van der Waals surface area contributed by atoms with Crippen LogP contribution in [0.25, 0.3) is 0 Å². The molecule has 0 N–H and O–H groups in total. The topological polar surface area (TPSA) is 20.3 Å². The molecule has 2 rings (SSSR count). The molecule has 0 aromatic heterocycles. The smallest absolute Gasteiger partial charge is 0.125 e. The van der Waals surface area contributed by atoms with Gasteiger partial charge in [0.15, 0.2) is 0 Å². The molecular weight excluding hydrogens is 174 g/mol. The van der Waals surface area contributed by atoms with E-state index in [4.69, 9.17) is 0 Å². The lowest BCUT2D eigenvalue weighted by atomic mass is 10.0. The standard InChI is InChI=1S/C12H15NO/c1-13(2)12-10(8-14)7-9-5-3-4-6-11(9)12/h3-6,8,10,12H,7H2,1-2H3. The van der Waals surface area contributed by atoms with Gasteiger partial charge in [0, 0.05) is 12.0 Å². The van der Waals surface area contributed by atoms with Gasteiger partial charge in [-0.1, -0.05) is 24.3 Å². The van der Waals surface area contributed by atoms with Gasteiger partial charge in [0.05, 0.1) is 0 Å². The predicted octanol–water partition coefficient (Wildman–Crippen LogP) is 1.66. The molecule has 0 spiro atoms. The number of aldehydes is 1. The summed E-state index contributed by atoms with van der Waals surface area (Å²) in [4.78, 5) is 13.1. The maximum atomic E-state index is 11.0. The molecule has 14 heavy (non-hydrogen) atoms. The van der Waals surface area contributed by atoms with Crippen molar-refractivity contribution in [2.75, 3.05) is 14.1 Å². The van der Waals surface area contributed by atoms with Crippen LogP contribution in [0, 0.1) is 5.92 Å². The van der Waals surface area contributed by atoms with Crippen LogP contribution in [0.2, 0.25) is 0 Å². The van der Waals surface area contributed by atoms with Gasteiger partial charge in [0.25, 0.3) is 0 Å². The first-order chi connectivity index (χ1) is 6.74. The maximum Gasteiger partial charge on any atom is 0.125 e. The average Bonchev–Trinajstić information content (AvgIpc) is 2.55. The average molecular weight is 189 g/mol. The van der Waals surface area contributed by atoms with E-state index in [0.29, 0.717) is 0 Å². The Morgan fingerprint density at radius 3 is 2.71 bits per heavy atom. The van der Waals surface area contributed by atoms with Crippen LogP contribution in [0.5, 0.6) is 0 Å². The number of fused-ring (bicyclic) bond motifs is 1. The number of carbonyl (C=O) groups excluding carboxylic acids is 1. The summed E-state index contributed by atoms with van der Waals surface area (Å²) < 4.78 is 0. The third-order valence-corrected chi connectivity index (χ3v) is 2.97. The minimum Gasteiger partial charge on any atom is -0.303 e. The Morgan fingerprint density at radius 1 is 1.36 bits per heavy atom. The molecule has 0 aliphatic heterocycles. The van der Waals surface area contributed by atoms with Crippen molar-refractivity contribution in [3.8, 4) is 0 Å². The van der Waals surface area contributed by atoms with Crippen LogP contribution in [0.4, 0.5) is 0 Å². The maximum absolute atomic E-state index is 11.0. The summed E-state index contributed by atoms with van der Waals surface area (Å²) in [5.74, 6) is 0.127. The number of rotatable bonds is 2. The zero-order chi connectivity index (χ0) is 10.1. The third kappa shape index (κ3) is 1.36. The number of hydrogen-bond donors (Lipinski definition) is 0. The van der Waals surface area contributed by atoms with E-state index in [1.54, 1.807) is 0 Å². The summed E-state index contributed by atoms with van der Waals surface area (Å²) in [7, 11) is 4.06. The van der Waals surface area contributed by atoms with E-state index >= 15 is 0 Å². The molecule has 1 aliphatic carbocycles. The van der Waals surface area contributed by atoms with Crippen molar-refractivity contribution >= 4 is 6.29 Å². The number of carbonyl (C=O) groups is 1. The van der Waals surface area contributed by atoms with Gasteiger partial charge in [0.1, 0.15) is 6.29 Å². The van der Waals surface area contributed by atoms with E-state index in [1.165, 1.54) is 11.1 Å². The van der Waals surface area contributed by atoms with Crippen molar-refractivity contribution in [3.05, 3.63) is 35.4 Å². The highest BCUT2D eigenvalue weighted by Crippen LogP contribution is 2.37. The summed E-state index contributed by atoms with van der Waals surface area (Å²) in [5, 5.41) is 0. The molecule has 2 heteroatoms. The zero-order valence-corrected chi connectivity index (χ0v) is 8.60. The van der Waals surface area contributed by atoms with Crippen molar-refractivity contribution in [2.45, 2.75) is 12.5 Å². The largest absolute Gasteiger partial charge is 0.303 e. The predicted molar refractivity (Wildman–Crippen MR) is 56.1 cm³/mol. The van der Waals surface area contributed by atoms with Crippen molar-refractivity contribution in [3.63, 3.8) is 0 Å². The minimum absolute atomic E-state index is 0.127. The van der Waals surface area contributed by atoms with Gasteiger partial charge in [0.2, 0.25) is 0 Å². The molecule has 0 fully saturated rings. The van der Waals surface area contributed by atoms with E-state index in [-0.39, 0.29) is 12.0 Å². The highest BCUT2D eigenvalue weighted by molar-refractivity contribution is 5.60. The fraction of sp³-hybridized carbons (Fsp3) is 0.417. The molecule has 1 aromatic rings. The zero-order valence-electron chi connectivity index (χ0n) is 8.60. The first-order valence-electron chi connectivity index (χ1n) is 4.93. The lowest BCUT2D eigenvalue weighted by Gasteiger charge is -2.23. The second-order valence-electron chi connectivity index (χ2n) is 4.11. The number of nitrogens with zero attached hydrogens (tertiary/aromatic N) is 1. The van der Waals surface area contributed by atoms with Gasteiger partial charge in [-0.15, -0.1) is 0 Å². The first-order valence-corrected chi connectivity index (χ1v) is 4.93. The molecule has 0 bridgehead atoms. The van der Waals surface area contributed by atoms with Crippen LogP contribution in [0.15, 0.2) is 24.3 Å². The quantitative estimate of drug-likeness (QED) is 0.659. The molecule has 0 heterocycles. The van der Waals surface area contributed by atoms with Gasteiger partial charge in [-0.3, -0.25) is 0 Å². The molecular formula is C12H15NO. The monoisotopic (exact) mass is 189 g/mol. The fourth-order valence-electron chi connectivity index (χ4n) is 2.39. The normalized spacial score (nSPS) is 25.1. The molecule has 1 aliphatic rings. The molecule has 0 radical (unpaired) electrons. The first kappa shape index (κ1) is 9.41. The third-order valence-electron chi connectivity index (χ3n) is 2.97. The molecule has 0 saturated carbocycles. The summed E-state index contributed by atoms with van der Waals surface area (Å²) in [5.41, 5.74) is 2.64. The second kappa shape index (κ2) is 3.54. The molecule has 0 amide bonds. The molecule has 0 saturated heterocycles. The number of benzene rings is 1. The van der Waals surface area contributed by atoms with Gasteiger partial charge in [-0.2, -0.15) is 0 Å². The van der Waals surface area contributed by atoms with Crippen LogP contribution in [0.3, 0.4) is 0 Å². The van der Waals surface area contributed by atoms with Crippen LogP contribution in [-0.2, 0) is 11.2 Å². The highest BCUT2D eigenvalue weighted by Gasteiger charge is 2.32. The Bertz CT molecular complexity index is 346. The molecule has 2 unspecified atom stereocenters. The Labute approximate surface area is 84.5 Å². The van der Waals surface area contributed by atoms with Gasteiger partial charge >= 0.3 is 0 Å². The number of hydrogen-bond acceptors (Lipinski definition) is 2. The van der Waals surface area contributed by atoms with E-state index in [2.05, 4.69) is 17.0 Å². The highest BCUT2D eigenvalue weighted by atomic mass is 16.1. The van der Waals surface area contributed by atoms with Crippen molar-refractivity contribution in [1.29, 1.82) is 0 Å². The van der Waals surface area contributed by atoms with E-state index in [9.17, 15) is 4.79 Å². The second-order valence-corrected chi connectivity index (χ2v) is 4.11. The summed E-state index contributed by atoms with van der Waals surface area (Å²) in [6, 6.07) is 8.60. The van der Waals surface area contributed by atoms with Gasteiger partial charge in [-0.05, 0) is 31.6 Å². The van der Waals surface area contributed by atoms with Gasteiger partial charge < -0.3 is 9.69 Å². The van der Waals surface area contributed by atoms with Gasteiger partial charge in [-0.25, -0.2) is 0 Å². The van der Waals surface area contributed by atoms with Crippen LogP contribution in [0.1, 0.15) is 17.2 Å². The summed E-state index contributed by atoms with van der Waals surface area (Å²) >= 11 is 0. The Morgan fingerprint density at radius 2 is 2.07 bits per heavy atom. The SMILES string of the molecule is CN(C)C1c2ccccc2CC1C=O. The Hall–Kier alpha value is -1.15. The van der Waals surface area contributed by atoms with Crippen LogP contribution < -0.4 is 0 Å². The Balaban J connectivity index is 2.42. The summed E-state index contributed by atoms with van der Waals surface area (Å²) in [6.07, 6.45) is 1.98. The minimum atomic E-state index is 0.127. The van der Waals surface area contributed by atoms with Crippen molar-refractivity contribution in [1.82, 2.24) is 4.90 Å². The lowest BCUT2D eigenvalue weighted by molar-refractivity contribution is -0.112. The fourth-order valence-corrected chi connectivity index (χ4v) is 2.39. The van der Waals surface area contributed by atoms with Crippen molar-refractivity contribution < 1.29 is 4.79 Å². The molecule has 2 atom stereocenters. The molecule has 1 aromatic carbocycles. The van der Waals surface area contributed by atoms with Crippen LogP contribution in [-0.4, -0.2) is 25.3 Å². The van der Waals surface area contributed by atoms with E-state index < -0.39 is 0 Å². The lowest BCUT2D eigenvalue weighted by Crippen LogP contribution is -2.24. The molecule has 2 nitrogen and oxygen atoms in total. The molecule has 74 valence electrons. The summed E-state index contributed by atoms with van der Waals surface area (Å²) in [6.45, 7) is 0. The van der Waals surface area contributed by atoms with E-state index in [0.717, 1.165) is 12.7 Å². The Kier molecular flexibility index (Phi) is 2.38. The van der Waals surface area contributed by atoms with Crippen LogP contribution >= 0.6 is 0 Å². The van der Waals surface area contributed by atoms with E-state index in [1.807, 2.05) is 26.2 Å².